The van der Waals surface area contributed by atoms with Crippen LogP contribution in [0.2, 0.25) is 0 Å². The molecule has 0 aliphatic carbocycles. The molecule has 0 fully saturated rings. The molecule has 0 N–H and O–H groups in total. The van der Waals surface area contributed by atoms with Gasteiger partial charge < -0.3 is 9.32 Å². The van der Waals surface area contributed by atoms with Crippen molar-refractivity contribution < 1.29 is 13.6 Å². The van der Waals surface area contributed by atoms with Crippen LogP contribution >= 0.6 is 12.6 Å². The largest absolute Gasteiger partial charge is 0.467 e. The molecule has 18 heavy (non-hydrogen) atoms. The van der Waals surface area contributed by atoms with Crippen molar-refractivity contribution in [2.75, 3.05) is 7.05 Å². The van der Waals surface area contributed by atoms with Crippen LogP contribution in [0.1, 0.15) is 16.1 Å². The maximum Gasteiger partial charge on any atom is 0.257 e. The average molecular weight is 265 g/mol. The van der Waals surface area contributed by atoms with Crippen molar-refractivity contribution in [1.82, 2.24) is 4.90 Å². The van der Waals surface area contributed by atoms with Gasteiger partial charge in [0.1, 0.15) is 11.6 Å². The average Bonchev–Trinajstić information content (AvgIpc) is 2.84. The van der Waals surface area contributed by atoms with Crippen LogP contribution in [-0.4, -0.2) is 17.9 Å². The fraction of sp³-hybridized carbons (Fsp3) is 0.154. The number of furan rings is 1. The Morgan fingerprint density at radius 2 is 2.22 bits per heavy atom. The summed E-state index contributed by atoms with van der Waals surface area (Å²) in [6.07, 6.45) is 1.53. The quantitative estimate of drug-likeness (QED) is 0.866. The van der Waals surface area contributed by atoms with Crippen LogP contribution in [0.5, 0.6) is 0 Å². The Morgan fingerprint density at radius 3 is 2.89 bits per heavy atom. The van der Waals surface area contributed by atoms with Crippen molar-refractivity contribution in [3.05, 3.63) is 53.7 Å². The molecule has 1 heterocycles. The summed E-state index contributed by atoms with van der Waals surface area (Å²) in [6, 6.07) is 7.65. The molecule has 0 atom stereocenters. The van der Waals surface area contributed by atoms with Gasteiger partial charge in [0.15, 0.2) is 0 Å². The van der Waals surface area contributed by atoms with Gasteiger partial charge in [-0.2, -0.15) is 0 Å². The number of hydrogen-bond acceptors (Lipinski definition) is 3. The summed E-state index contributed by atoms with van der Waals surface area (Å²) in [7, 11) is 1.59. The molecular formula is C13H12FNO2S. The number of carbonyl (C=O) groups is 1. The molecule has 0 radical (unpaired) electrons. The predicted octanol–water partition coefficient (Wildman–Crippen LogP) is 2.98. The van der Waals surface area contributed by atoms with Crippen molar-refractivity contribution in [2.24, 2.45) is 0 Å². The number of nitrogens with zero attached hydrogens (tertiary/aromatic N) is 1. The van der Waals surface area contributed by atoms with E-state index in [0.717, 1.165) is 0 Å². The highest BCUT2D eigenvalue weighted by Crippen LogP contribution is 2.16. The number of amides is 1. The summed E-state index contributed by atoms with van der Waals surface area (Å²) >= 11 is 4.10. The molecule has 3 nitrogen and oxygen atoms in total. The first-order valence-electron chi connectivity index (χ1n) is 5.34. The summed E-state index contributed by atoms with van der Waals surface area (Å²) in [4.78, 5) is 14.0. The van der Waals surface area contributed by atoms with Gasteiger partial charge >= 0.3 is 0 Å². The van der Waals surface area contributed by atoms with Crippen LogP contribution < -0.4 is 0 Å². The standard InChI is InChI=1S/C13H12FNO2S/c1-15(8-9-3-2-6-17-9)13(16)11-7-10(18)4-5-12(11)14/h2-7,18H,8H2,1H3. The van der Waals surface area contributed by atoms with Gasteiger partial charge in [-0.15, -0.1) is 12.6 Å². The van der Waals surface area contributed by atoms with Gasteiger partial charge in [-0.3, -0.25) is 4.79 Å². The highest BCUT2D eigenvalue weighted by molar-refractivity contribution is 7.80. The Bertz CT molecular complexity index is 554. The third kappa shape index (κ3) is 2.73. The Kier molecular flexibility index (Phi) is 3.72. The topological polar surface area (TPSA) is 33.5 Å². The fourth-order valence-electron chi connectivity index (χ4n) is 1.59. The van der Waals surface area contributed by atoms with Crippen molar-refractivity contribution >= 4 is 18.5 Å². The summed E-state index contributed by atoms with van der Waals surface area (Å²) < 4.78 is 18.7. The van der Waals surface area contributed by atoms with Crippen molar-refractivity contribution in [2.45, 2.75) is 11.4 Å². The first-order chi connectivity index (χ1) is 8.58. The Morgan fingerprint density at radius 1 is 1.44 bits per heavy atom. The monoisotopic (exact) mass is 265 g/mol. The smallest absolute Gasteiger partial charge is 0.257 e. The van der Waals surface area contributed by atoms with E-state index >= 15 is 0 Å². The van der Waals surface area contributed by atoms with Gasteiger partial charge in [0.2, 0.25) is 0 Å². The number of benzene rings is 1. The second kappa shape index (κ2) is 5.27. The molecule has 2 rings (SSSR count). The molecule has 94 valence electrons. The zero-order valence-corrected chi connectivity index (χ0v) is 10.7. The van der Waals surface area contributed by atoms with Crippen LogP contribution in [0, 0.1) is 5.82 Å². The molecule has 5 heteroatoms. The van der Waals surface area contributed by atoms with E-state index in [1.54, 1.807) is 19.2 Å². The zero-order valence-electron chi connectivity index (χ0n) is 9.76. The van der Waals surface area contributed by atoms with E-state index in [1.165, 1.54) is 29.4 Å². The predicted molar refractivity (Wildman–Crippen MR) is 68.2 cm³/mol. The summed E-state index contributed by atoms with van der Waals surface area (Å²) in [5.41, 5.74) is 0.0107. The minimum Gasteiger partial charge on any atom is -0.467 e. The highest BCUT2D eigenvalue weighted by Gasteiger charge is 2.17. The molecule has 0 bridgehead atoms. The van der Waals surface area contributed by atoms with Crippen molar-refractivity contribution in [3.8, 4) is 0 Å². The van der Waals surface area contributed by atoms with Crippen LogP contribution in [0.25, 0.3) is 0 Å². The van der Waals surface area contributed by atoms with Gasteiger partial charge in [-0.05, 0) is 30.3 Å². The van der Waals surface area contributed by atoms with Crippen LogP contribution in [0.15, 0.2) is 45.9 Å². The molecular weight excluding hydrogens is 253 g/mol. The van der Waals surface area contributed by atoms with Crippen LogP contribution in [0.3, 0.4) is 0 Å². The minimum absolute atomic E-state index is 0.0107. The highest BCUT2D eigenvalue weighted by atomic mass is 32.1. The fourth-order valence-corrected chi connectivity index (χ4v) is 1.79. The lowest BCUT2D eigenvalue weighted by Gasteiger charge is -2.16. The SMILES string of the molecule is CN(Cc1ccco1)C(=O)c1cc(S)ccc1F. The summed E-state index contributed by atoms with van der Waals surface area (Å²) in [5.74, 6) is -0.308. The van der Waals surface area contributed by atoms with E-state index in [4.69, 9.17) is 4.42 Å². The van der Waals surface area contributed by atoms with Gasteiger partial charge in [0.25, 0.3) is 5.91 Å². The van der Waals surface area contributed by atoms with E-state index in [1.807, 2.05) is 0 Å². The van der Waals surface area contributed by atoms with E-state index in [2.05, 4.69) is 12.6 Å². The molecule has 0 saturated carbocycles. The Hall–Kier alpha value is -1.75. The number of hydrogen-bond donors (Lipinski definition) is 1. The first-order valence-corrected chi connectivity index (χ1v) is 5.79. The summed E-state index contributed by atoms with van der Waals surface area (Å²) in [5, 5.41) is 0. The minimum atomic E-state index is -0.552. The lowest BCUT2D eigenvalue weighted by Crippen LogP contribution is -2.26. The number of rotatable bonds is 3. The molecule has 1 aromatic carbocycles. The third-order valence-corrected chi connectivity index (χ3v) is 2.78. The zero-order chi connectivity index (χ0) is 13.1. The normalized spacial score (nSPS) is 10.4. The van der Waals surface area contributed by atoms with Gasteiger partial charge in [-0.1, -0.05) is 0 Å². The molecule has 0 unspecified atom stereocenters. The van der Waals surface area contributed by atoms with Crippen molar-refractivity contribution in [3.63, 3.8) is 0 Å². The van der Waals surface area contributed by atoms with Crippen LogP contribution in [0.4, 0.5) is 4.39 Å². The van der Waals surface area contributed by atoms with E-state index in [-0.39, 0.29) is 5.56 Å². The molecule has 1 amide bonds. The molecule has 2 aromatic rings. The number of halogens is 1. The van der Waals surface area contributed by atoms with Gasteiger partial charge in [-0.25, -0.2) is 4.39 Å². The lowest BCUT2D eigenvalue weighted by atomic mass is 10.2. The maximum atomic E-state index is 13.6. The summed E-state index contributed by atoms with van der Waals surface area (Å²) in [6.45, 7) is 0.294. The Labute approximate surface area is 110 Å². The van der Waals surface area contributed by atoms with E-state index in [9.17, 15) is 9.18 Å². The maximum absolute atomic E-state index is 13.6. The van der Waals surface area contributed by atoms with Gasteiger partial charge in [0, 0.05) is 11.9 Å². The van der Waals surface area contributed by atoms with E-state index in [0.29, 0.717) is 17.2 Å². The molecule has 1 aromatic heterocycles. The molecule has 0 aliphatic heterocycles. The Balaban J connectivity index is 2.17. The van der Waals surface area contributed by atoms with Crippen molar-refractivity contribution in [1.29, 1.82) is 0 Å². The lowest BCUT2D eigenvalue weighted by molar-refractivity contribution is 0.0770. The first kappa shape index (κ1) is 12.7. The van der Waals surface area contributed by atoms with Gasteiger partial charge in [0.05, 0.1) is 18.4 Å². The third-order valence-electron chi connectivity index (χ3n) is 2.50. The molecule has 0 saturated heterocycles. The van der Waals surface area contributed by atoms with E-state index < -0.39 is 11.7 Å². The molecule has 0 aliphatic rings. The molecule has 0 spiro atoms. The second-order valence-electron chi connectivity index (χ2n) is 3.90. The second-order valence-corrected chi connectivity index (χ2v) is 4.42. The van der Waals surface area contributed by atoms with Crippen LogP contribution in [-0.2, 0) is 6.54 Å². The number of thiol groups is 1. The number of carbonyl (C=O) groups excluding carboxylic acids is 1.